The number of alkyl halides is 2. The standard InChI is InChI=1S/C8H12F2N2/c1-5(2)12-6(3)7(4-11-12)8(9)10/h4-5,8H,1-3H3. The minimum atomic E-state index is -2.42. The summed E-state index contributed by atoms with van der Waals surface area (Å²) in [5.41, 5.74) is 0.587. The van der Waals surface area contributed by atoms with Crippen LogP contribution in [0.2, 0.25) is 0 Å². The van der Waals surface area contributed by atoms with Crippen LogP contribution < -0.4 is 0 Å². The van der Waals surface area contributed by atoms with Gasteiger partial charge in [-0.2, -0.15) is 5.10 Å². The highest BCUT2D eigenvalue weighted by atomic mass is 19.3. The van der Waals surface area contributed by atoms with Gasteiger partial charge in [0.2, 0.25) is 0 Å². The normalized spacial score (nSPS) is 11.6. The quantitative estimate of drug-likeness (QED) is 0.674. The Morgan fingerprint density at radius 1 is 1.42 bits per heavy atom. The summed E-state index contributed by atoms with van der Waals surface area (Å²) in [5.74, 6) is 0. The van der Waals surface area contributed by atoms with E-state index in [0.717, 1.165) is 0 Å². The van der Waals surface area contributed by atoms with Gasteiger partial charge in [0.25, 0.3) is 6.43 Å². The Morgan fingerprint density at radius 3 is 2.25 bits per heavy atom. The summed E-state index contributed by atoms with van der Waals surface area (Å²) in [7, 11) is 0. The first-order valence-corrected chi connectivity index (χ1v) is 3.86. The second-order valence-electron chi connectivity index (χ2n) is 3.02. The van der Waals surface area contributed by atoms with E-state index in [1.165, 1.54) is 6.20 Å². The van der Waals surface area contributed by atoms with Crippen LogP contribution in [-0.2, 0) is 0 Å². The molecule has 0 amide bonds. The van der Waals surface area contributed by atoms with Crippen molar-refractivity contribution in [2.24, 2.45) is 0 Å². The van der Waals surface area contributed by atoms with Crippen LogP contribution in [-0.4, -0.2) is 9.78 Å². The monoisotopic (exact) mass is 174 g/mol. The van der Waals surface area contributed by atoms with Gasteiger partial charge in [0.05, 0.1) is 11.8 Å². The van der Waals surface area contributed by atoms with Gasteiger partial charge < -0.3 is 0 Å². The summed E-state index contributed by atoms with van der Waals surface area (Å²) >= 11 is 0. The van der Waals surface area contributed by atoms with E-state index in [1.807, 2.05) is 13.8 Å². The summed E-state index contributed by atoms with van der Waals surface area (Å²) in [5, 5.41) is 3.87. The molecule has 0 radical (unpaired) electrons. The molecule has 2 nitrogen and oxygen atoms in total. The molecule has 1 rings (SSSR count). The van der Waals surface area contributed by atoms with Crippen molar-refractivity contribution in [3.63, 3.8) is 0 Å². The largest absolute Gasteiger partial charge is 0.267 e. The lowest BCUT2D eigenvalue weighted by Crippen LogP contribution is -2.05. The predicted molar refractivity (Wildman–Crippen MR) is 42.3 cm³/mol. The van der Waals surface area contributed by atoms with E-state index in [2.05, 4.69) is 5.10 Å². The first-order valence-electron chi connectivity index (χ1n) is 3.86. The minimum Gasteiger partial charge on any atom is -0.267 e. The molecule has 1 heterocycles. The van der Waals surface area contributed by atoms with Crippen LogP contribution in [0.4, 0.5) is 8.78 Å². The van der Waals surface area contributed by atoms with Crippen molar-refractivity contribution >= 4 is 0 Å². The molecule has 0 fully saturated rings. The number of halogens is 2. The van der Waals surface area contributed by atoms with E-state index < -0.39 is 6.43 Å². The molecule has 0 spiro atoms. The molecule has 1 aromatic rings. The summed E-state index contributed by atoms with van der Waals surface area (Å²) in [6.45, 7) is 5.49. The highest BCUT2D eigenvalue weighted by Gasteiger charge is 2.15. The molecule has 0 aliphatic rings. The Bertz CT molecular complexity index is 241. The van der Waals surface area contributed by atoms with Gasteiger partial charge in [0, 0.05) is 11.7 Å². The van der Waals surface area contributed by atoms with E-state index in [4.69, 9.17) is 0 Å². The summed E-state index contributed by atoms with van der Waals surface area (Å²) in [6.07, 6.45) is -1.18. The average Bonchev–Trinajstić information content (AvgIpc) is 2.30. The summed E-state index contributed by atoms with van der Waals surface area (Å²) < 4.78 is 26.1. The molecule has 0 aliphatic carbocycles. The lowest BCUT2D eigenvalue weighted by atomic mass is 10.2. The van der Waals surface area contributed by atoms with Gasteiger partial charge in [-0.25, -0.2) is 8.78 Å². The van der Waals surface area contributed by atoms with E-state index in [1.54, 1.807) is 11.6 Å². The zero-order valence-corrected chi connectivity index (χ0v) is 7.38. The van der Waals surface area contributed by atoms with Crippen LogP contribution in [0.1, 0.15) is 37.6 Å². The molecule has 0 unspecified atom stereocenters. The molecule has 0 saturated heterocycles. The van der Waals surface area contributed by atoms with Crippen molar-refractivity contribution in [3.8, 4) is 0 Å². The zero-order chi connectivity index (χ0) is 9.30. The van der Waals surface area contributed by atoms with E-state index in [-0.39, 0.29) is 11.6 Å². The third-order valence-corrected chi connectivity index (χ3v) is 1.81. The Morgan fingerprint density at radius 2 is 2.00 bits per heavy atom. The molecule has 4 heteroatoms. The molecule has 0 N–H and O–H groups in total. The lowest BCUT2D eigenvalue weighted by molar-refractivity contribution is 0.150. The maximum absolute atomic E-state index is 12.3. The lowest BCUT2D eigenvalue weighted by Gasteiger charge is -2.08. The molecule has 0 bridgehead atoms. The number of rotatable bonds is 2. The van der Waals surface area contributed by atoms with Gasteiger partial charge in [-0.15, -0.1) is 0 Å². The Balaban J connectivity index is 3.04. The number of hydrogen-bond donors (Lipinski definition) is 0. The first-order chi connectivity index (χ1) is 5.54. The van der Waals surface area contributed by atoms with Crippen molar-refractivity contribution in [3.05, 3.63) is 17.5 Å². The van der Waals surface area contributed by atoms with E-state index in [9.17, 15) is 8.78 Å². The fourth-order valence-electron chi connectivity index (χ4n) is 1.17. The fourth-order valence-corrected chi connectivity index (χ4v) is 1.17. The number of hydrogen-bond acceptors (Lipinski definition) is 1. The molecular weight excluding hydrogens is 162 g/mol. The second-order valence-corrected chi connectivity index (χ2v) is 3.02. The minimum absolute atomic E-state index is 0.0312. The van der Waals surface area contributed by atoms with Crippen LogP contribution in [0, 0.1) is 6.92 Å². The van der Waals surface area contributed by atoms with E-state index in [0.29, 0.717) is 5.69 Å². The predicted octanol–water partition coefficient (Wildman–Crippen LogP) is 2.71. The van der Waals surface area contributed by atoms with Crippen molar-refractivity contribution in [1.82, 2.24) is 9.78 Å². The van der Waals surface area contributed by atoms with Gasteiger partial charge in [-0.3, -0.25) is 4.68 Å². The van der Waals surface area contributed by atoms with Crippen molar-refractivity contribution in [2.75, 3.05) is 0 Å². The van der Waals surface area contributed by atoms with Gasteiger partial charge in [0.15, 0.2) is 0 Å². The molecular formula is C8H12F2N2. The molecule has 0 atom stereocenters. The van der Waals surface area contributed by atoms with E-state index >= 15 is 0 Å². The van der Waals surface area contributed by atoms with Crippen LogP contribution >= 0.6 is 0 Å². The van der Waals surface area contributed by atoms with Gasteiger partial charge in [0.1, 0.15) is 0 Å². The highest BCUT2D eigenvalue weighted by molar-refractivity contribution is 5.17. The first kappa shape index (κ1) is 9.16. The SMILES string of the molecule is Cc1c(C(F)F)cnn1C(C)C. The summed E-state index contributed by atoms with van der Waals surface area (Å²) in [6, 6.07) is 0.137. The van der Waals surface area contributed by atoms with Crippen LogP contribution in [0.15, 0.2) is 6.20 Å². The third-order valence-electron chi connectivity index (χ3n) is 1.81. The van der Waals surface area contributed by atoms with Gasteiger partial charge in [-0.05, 0) is 20.8 Å². The van der Waals surface area contributed by atoms with Gasteiger partial charge >= 0.3 is 0 Å². The highest BCUT2D eigenvalue weighted by Crippen LogP contribution is 2.23. The Kier molecular flexibility index (Phi) is 2.45. The average molecular weight is 174 g/mol. The molecule has 68 valence electrons. The van der Waals surface area contributed by atoms with Crippen LogP contribution in [0.3, 0.4) is 0 Å². The maximum Gasteiger partial charge on any atom is 0.267 e. The molecule has 0 aliphatic heterocycles. The number of aromatic nitrogens is 2. The number of nitrogens with zero attached hydrogens (tertiary/aromatic N) is 2. The second kappa shape index (κ2) is 3.21. The van der Waals surface area contributed by atoms with Crippen molar-refractivity contribution in [1.29, 1.82) is 0 Å². The molecule has 1 aromatic heterocycles. The Labute approximate surface area is 70.2 Å². The topological polar surface area (TPSA) is 17.8 Å². The van der Waals surface area contributed by atoms with Gasteiger partial charge in [-0.1, -0.05) is 0 Å². The fraction of sp³-hybridized carbons (Fsp3) is 0.625. The molecule has 0 saturated carbocycles. The smallest absolute Gasteiger partial charge is 0.267 e. The maximum atomic E-state index is 12.3. The van der Waals surface area contributed by atoms with Crippen LogP contribution in [0.25, 0.3) is 0 Å². The van der Waals surface area contributed by atoms with Crippen molar-refractivity contribution in [2.45, 2.75) is 33.2 Å². The molecule has 0 aromatic carbocycles. The third kappa shape index (κ3) is 1.47. The zero-order valence-electron chi connectivity index (χ0n) is 7.38. The van der Waals surface area contributed by atoms with Crippen LogP contribution in [0.5, 0.6) is 0 Å². The molecule has 12 heavy (non-hydrogen) atoms. The Hall–Kier alpha value is -0.930. The van der Waals surface area contributed by atoms with Crippen molar-refractivity contribution < 1.29 is 8.78 Å². The summed E-state index contributed by atoms with van der Waals surface area (Å²) in [4.78, 5) is 0.